The Morgan fingerprint density at radius 1 is 0.333 bits per heavy atom. The van der Waals surface area contributed by atoms with Crippen LogP contribution in [0, 0.1) is 6.92 Å². The lowest BCUT2D eigenvalue weighted by molar-refractivity contribution is 0.559. The van der Waals surface area contributed by atoms with Crippen LogP contribution in [-0.4, -0.2) is 18.3 Å². The van der Waals surface area contributed by atoms with Crippen LogP contribution in [0.1, 0.15) is 31.2 Å². The predicted molar refractivity (Wildman–Crippen MR) is 256 cm³/mol. The van der Waals surface area contributed by atoms with Crippen LogP contribution in [0.15, 0.2) is 170 Å². The SMILES string of the molecule is Cc1ccc2c(c1)c1ccccc1n2CCCCCCn1c2ccccc2c2cc(-n3c4ccccc4c4cc(-c5ccc6c(c5)c5ccccc5n6C)ccc43)ccc21. The Bertz CT molecular complexity index is 3640. The van der Waals surface area contributed by atoms with E-state index in [2.05, 4.69) is 202 Å². The predicted octanol–water partition coefficient (Wildman–Crippen LogP) is 14.9. The van der Waals surface area contributed by atoms with Gasteiger partial charge >= 0.3 is 0 Å². The van der Waals surface area contributed by atoms with Crippen LogP contribution in [0.3, 0.4) is 0 Å². The van der Waals surface area contributed by atoms with Crippen LogP contribution in [0.4, 0.5) is 0 Å². The second-order valence-corrected chi connectivity index (χ2v) is 16.9. The highest BCUT2D eigenvalue weighted by atomic mass is 15.0. The van der Waals surface area contributed by atoms with Gasteiger partial charge < -0.3 is 18.3 Å². The third-order valence-corrected chi connectivity index (χ3v) is 13.4. The number of fused-ring (bicyclic) bond motifs is 12. The molecule has 0 atom stereocenters. The molecule has 0 spiro atoms. The molecule has 0 fully saturated rings. The highest BCUT2D eigenvalue weighted by Gasteiger charge is 2.17. The highest BCUT2D eigenvalue weighted by molar-refractivity contribution is 6.14. The van der Waals surface area contributed by atoms with Crippen molar-refractivity contribution < 1.29 is 0 Å². The summed E-state index contributed by atoms with van der Waals surface area (Å²) >= 11 is 0. The van der Waals surface area contributed by atoms with E-state index in [-0.39, 0.29) is 0 Å². The van der Waals surface area contributed by atoms with Gasteiger partial charge in [-0.3, -0.25) is 0 Å². The van der Waals surface area contributed by atoms with Crippen molar-refractivity contribution in [1.82, 2.24) is 18.3 Å². The van der Waals surface area contributed by atoms with Gasteiger partial charge in [0.15, 0.2) is 0 Å². The van der Waals surface area contributed by atoms with Crippen LogP contribution >= 0.6 is 0 Å². The molecular weight excluding hydrogens is 729 g/mol. The molecule has 0 aliphatic rings. The monoisotopic (exact) mass is 774 g/mol. The summed E-state index contributed by atoms with van der Waals surface area (Å²) in [5, 5.41) is 10.5. The van der Waals surface area contributed by atoms with Gasteiger partial charge in [-0.05, 0) is 110 Å². The number of aromatic nitrogens is 4. The summed E-state index contributed by atoms with van der Waals surface area (Å²) in [6.45, 7) is 4.26. The maximum absolute atomic E-state index is 2.56. The molecule has 290 valence electrons. The standard InChI is InChI=1S/C56H46N4/c1-37-23-27-53-45(33-37)42-16-6-10-20-51(42)58(53)31-13-3-4-14-32-59-52-21-11-7-17-43(52)48-36-40(26-30-54(48)59)60-55-22-12-8-18-44(55)47-35-39(25-29-56(47)60)38-24-28-50-46(34-38)41-15-5-9-19-49(41)57(50)2/h5-12,15-30,33-36H,3-4,13-14,31-32H2,1-2H3. The number of nitrogens with zero attached hydrogens (tertiary/aromatic N) is 4. The summed E-state index contributed by atoms with van der Waals surface area (Å²) in [6.07, 6.45) is 4.76. The summed E-state index contributed by atoms with van der Waals surface area (Å²) in [4.78, 5) is 0. The summed E-state index contributed by atoms with van der Waals surface area (Å²) in [7, 11) is 2.16. The highest BCUT2D eigenvalue weighted by Crippen LogP contribution is 2.39. The maximum Gasteiger partial charge on any atom is 0.0541 e. The van der Waals surface area contributed by atoms with Crippen molar-refractivity contribution in [2.45, 2.75) is 45.7 Å². The fraction of sp³-hybridized carbons (Fsp3) is 0.143. The van der Waals surface area contributed by atoms with Gasteiger partial charge in [0, 0.05) is 102 Å². The normalized spacial score (nSPS) is 12.2. The van der Waals surface area contributed by atoms with E-state index in [1.165, 1.54) is 129 Å². The minimum atomic E-state index is 1.01. The molecule has 4 heteroatoms. The quantitative estimate of drug-likeness (QED) is 0.130. The average Bonchev–Trinajstić information content (AvgIpc) is 3.99. The van der Waals surface area contributed by atoms with Crippen LogP contribution < -0.4 is 0 Å². The van der Waals surface area contributed by atoms with Crippen molar-refractivity contribution in [3.05, 3.63) is 175 Å². The molecule has 4 aromatic heterocycles. The van der Waals surface area contributed by atoms with E-state index >= 15 is 0 Å². The van der Waals surface area contributed by atoms with Gasteiger partial charge in [0.2, 0.25) is 0 Å². The van der Waals surface area contributed by atoms with Crippen molar-refractivity contribution in [3.8, 4) is 16.8 Å². The van der Waals surface area contributed by atoms with E-state index < -0.39 is 0 Å². The number of rotatable bonds is 9. The second-order valence-electron chi connectivity index (χ2n) is 16.9. The minimum absolute atomic E-state index is 1.01. The number of aryl methyl sites for hydroxylation is 4. The van der Waals surface area contributed by atoms with Crippen LogP contribution in [0.25, 0.3) is 104 Å². The summed E-state index contributed by atoms with van der Waals surface area (Å²) in [6, 6.07) is 63.4. The Hall–Kier alpha value is -7.04. The first-order chi connectivity index (χ1) is 29.6. The lowest BCUT2D eigenvalue weighted by Gasteiger charge is -2.11. The van der Waals surface area contributed by atoms with Crippen molar-refractivity contribution in [1.29, 1.82) is 0 Å². The van der Waals surface area contributed by atoms with Gasteiger partial charge in [0.1, 0.15) is 0 Å². The minimum Gasteiger partial charge on any atom is -0.344 e. The van der Waals surface area contributed by atoms with Gasteiger partial charge in [-0.2, -0.15) is 0 Å². The number of hydrogen-bond acceptors (Lipinski definition) is 0. The van der Waals surface area contributed by atoms with Gasteiger partial charge in [-0.15, -0.1) is 0 Å². The summed E-state index contributed by atoms with van der Waals surface area (Å²) in [5.74, 6) is 0. The number of hydrogen-bond donors (Lipinski definition) is 0. The third kappa shape index (κ3) is 5.37. The molecule has 0 radical (unpaired) electrons. The van der Waals surface area contributed by atoms with Crippen molar-refractivity contribution in [2.75, 3.05) is 0 Å². The number of para-hydroxylation sites is 4. The van der Waals surface area contributed by atoms with Gasteiger partial charge in [0.25, 0.3) is 0 Å². The first kappa shape index (κ1) is 35.0. The zero-order chi connectivity index (χ0) is 39.9. The molecule has 60 heavy (non-hydrogen) atoms. The fourth-order valence-electron chi connectivity index (χ4n) is 10.5. The largest absolute Gasteiger partial charge is 0.344 e. The van der Waals surface area contributed by atoms with E-state index in [4.69, 9.17) is 0 Å². The van der Waals surface area contributed by atoms with E-state index in [1.807, 2.05) is 0 Å². The molecule has 4 heterocycles. The topological polar surface area (TPSA) is 19.7 Å². The van der Waals surface area contributed by atoms with Crippen molar-refractivity contribution in [2.24, 2.45) is 7.05 Å². The molecule has 0 aliphatic heterocycles. The lowest BCUT2D eigenvalue weighted by Crippen LogP contribution is -2.00. The van der Waals surface area contributed by atoms with Gasteiger partial charge in [-0.1, -0.05) is 109 Å². The third-order valence-electron chi connectivity index (χ3n) is 13.4. The molecule has 12 rings (SSSR count). The Balaban J connectivity index is 0.845. The molecule has 4 nitrogen and oxygen atoms in total. The first-order valence-corrected chi connectivity index (χ1v) is 21.6. The zero-order valence-corrected chi connectivity index (χ0v) is 34.2. The second kappa shape index (κ2) is 13.8. The molecule has 12 aromatic rings. The van der Waals surface area contributed by atoms with Gasteiger partial charge in [0.05, 0.1) is 11.0 Å². The Morgan fingerprint density at radius 3 is 1.37 bits per heavy atom. The lowest BCUT2D eigenvalue weighted by atomic mass is 10.0. The molecule has 0 bridgehead atoms. The summed E-state index contributed by atoms with van der Waals surface area (Å²) in [5.41, 5.74) is 15.3. The number of benzene rings is 8. The Labute approximate surface area is 349 Å². The van der Waals surface area contributed by atoms with Crippen LogP contribution in [0.5, 0.6) is 0 Å². The molecule has 0 aliphatic carbocycles. The molecule has 0 saturated heterocycles. The van der Waals surface area contributed by atoms with Crippen molar-refractivity contribution >= 4 is 87.2 Å². The Morgan fingerprint density at radius 2 is 0.733 bits per heavy atom. The zero-order valence-electron chi connectivity index (χ0n) is 34.2. The molecule has 0 amide bonds. The molecule has 0 saturated carbocycles. The van der Waals surface area contributed by atoms with E-state index in [0.717, 1.165) is 19.5 Å². The molecule has 0 unspecified atom stereocenters. The fourth-order valence-corrected chi connectivity index (χ4v) is 10.5. The average molecular weight is 775 g/mol. The van der Waals surface area contributed by atoms with Crippen LogP contribution in [-0.2, 0) is 20.1 Å². The number of unbranched alkanes of at least 4 members (excludes halogenated alkanes) is 3. The molecule has 0 N–H and O–H groups in total. The smallest absolute Gasteiger partial charge is 0.0541 e. The van der Waals surface area contributed by atoms with Gasteiger partial charge in [-0.25, -0.2) is 0 Å². The van der Waals surface area contributed by atoms with Crippen LogP contribution in [0.2, 0.25) is 0 Å². The molecule has 8 aromatic carbocycles. The van der Waals surface area contributed by atoms with E-state index in [9.17, 15) is 0 Å². The van der Waals surface area contributed by atoms with E-state index in [0.29, 0.717) is 0 Å². The molecular formula is C56H46N4. The van der Waals surface area contributed by atoms with Crippen molar-refractivity contribution in [3.63, 3.8) is 0 Å². The van der Waals surface area contributed by atoms with E-state index in [1.54, 1.807) is 0 Å². The maximum atomic E-state index is 2.56. The Kier molecular flexibility index (Phi) is 8.03. The first-order valence-electron chi connectivity index (χ1n) is 21.6. The summed E-state index contributed by atoms with van der Waals surface area (Å²) < 4.78 is 9.87.